The number of hydrogen-bond donors (Lipinski definition) is 1. The van der Waals surface area contributed by atoms with Gasteiger partial charge in [0, 0.05) is 23.3 Å². The van der Waals surface area contributed by atoms with Crippen LogP contribution in [0, 0.1) is 0 Å². The SMILES string of the molecule is CCOC(=O)CNc1c(-c2ccc(OS(=O)(=O)c3cccc4cccnc34)c(OC)c2)nc2ccc(Cl)cn12. The number of imidazole rings is 1. The number of carbonyl (C=O) groups is 1. The molecule has 10 nitrogen and oxygen atoms in total. The Morgan fingerprint density at radius 2 is 1.90 bits per heavy atom. The van der Waals surface area contributed by atoms with E-state index in [9.17, 15) is 13.2 Å². The Hall–Kier alpha value is -4.35. The fraction of sp³-hybridized carbons (Fsp3) is 0.148. The van der Waals surface area contributed by atoms with Crippen molar-refractivity contribution in [2.45, 2.75) is 11.8 Å². The maximum atomic E-state index is 13.2. The summed E-state index contributed by atoms with van der Waals surface area (Å²) in [7, 11) is -2.84. The van der Waals surface area contributed by atoms with Gasteiger partial charge in [-0.15, -0.1) is 0 Å². The number of anilines is 1. The molecule has 0 bridgehead atoms. The van der Waals surface area contributed by atoms with Crippen molar-refractivity contribution in [2.24, 2.45) is 0 Å². The lowest BCUT2D eigenvalue weighted by atomic mass is 10.1. The molecule has 0 aliphatic rings. The molecule has 12 heteroatoms. The van der Waals surface area contributed by atoms with E-state index in [-0.39, 0.29) is 29.5 Å². The maximum absolute atomic E-state index is 13.2. The van der Waals surface area contributed by atoms with Crippen molar-refractivity contribution >= 4 is 50.1 Å². The molecule has 1 N–H and O–H groups in total. The first-order valence-electron chi connectivity index (χ1n) is 11.8. The van der Waals surface area contributed by atoms with Gasteiger partial charge in [0.15, 0.2) is 11.5 Å². The number of carbonyl (C=O) groups excluding carboxylic acids is 1. The second kappa shape index (κ2) is 10.8. The van der Waals surface area contributed by atoms with E-state index in [0.717, 1.165) is 0 Å². The van der Waals surface area contributed by atoms with E-state index in [4.69, 9.17) is 25.3 Å². The minimum atomic E-state index is -4.25. The summed E-state index contributed by atoms with van der Waals surface area (Å²) in [6.45, 7) is 1.88. The Morgan fingerprint density at radius 1 is 1.08 bits per heavy atom. The molecule has 0 fully saturated rings. The topological polar surface area (TPSA) is 121 Å². The van der Waals surface area contributed by atoms with Crippen LogP contribution in [-0.2, 0) is 19.6 Å². The van der Waals surface area contributed by atoms with Gasteiger partial charge in [-0.3, -0.25) is 14.2 Å². The number of nitrogens with one attached hydrogen (secondary N) is 1. The number of benzene rings is 2. The van der Waals surface area contributed by atoms with Gasteiger partial charge in [-0.25, -0.2) is 4.98 Å². The van der Waals surface area contributed by atoms with Crippen LogP contribution < -0.4 is 14.2 Å². The Labute approximate surface area is 229 Å². The first-order chi connectivity index (χ1) is 18.8. The Kier molecular flexibility index (Phi) is 7.27. The van der Waals surface area contributed by atoms with Gasteiger partial charge < -0.3 is 19.0 Å². The molecule has 0 unspecified atom stereocenters. The molecule has 0 amide bonds. The van der Waals surface area contributed by atoms with Crippen LogP contribution in [-0.4, -0.2) is 49.0 Å². The molecular formula is C27H23ClN4O6S. The minimum Gasteiger partial charge on any atom is -0.493 e. The highest BCUT2D eigenvalue weighted by Gasteiger charge is 2.24. The van der Waals surface area contributed by atoms with Crippen molar-refractivity contribution < 1.29 is 26.9 Å². The van der Waals surface area contributed by atoms with Crippen LogP contribution in [0.1, 0.15) is 6.92 Å². The number of hydrogen-bond acceptors (Lipinski definition) is 9. The standard InChI is InChI=1S/C27H23ClN4O6S/c1-3-37-24(33)15-30-27-26(31-23-12-10-19(28)16-32(23)27)18-9-11-20(21(14-18)36-2)38-39(34,35)22-8-4-6-17-7-5-13-29-25(17)22/h4-14,16,30H,3,15H2,1-2H3. The van der Waals surface area contributed by atoms with E-state index < -0.39 is 16.1 Å². The van der Waals surface area contributed by atoms with Crippen LogP contribution >= 0.6 is 11.6 Å². The highest BCUT2D eigenvalue weighted by Crippen LogP contribution is 2.37. The largest absolute Gasteiger partial charge is 0.493 e. The Balaban J connectivity index is 1.53. The fourth-order valence-electron chi connectivity index (χ4n) is 4.08. The minimum absolute atomic E-state index is 0.0120. The fourth-order valence-corrected chi connectivity index (χ4v) is 5.36. The average Bonchev–Trinajstić information content (AvgIpc) is 3.29. The van der Waals surface area contributed by atoms with Crippen molar-refractivity contribution in [1.29, 1.82) is 0 Å². The summed E-state index contributed by atoms with van der Waals surface area (Å²) in [6, 6.07) is 16.5. The molecule has 3 heterocycles. The van der Waals surface area contributed by atoms with Gasteiger partial charge in [0.2, 0.25) is 0 Å². The molecule has 0 saturated heterocycles. The van der Waals surface area contributed by atoms with Gasteiger partial charge in [0.1, 0.15) is 28.6 Å². The Bertz CT molecular complexity index is 1800. The number of rotatable bonds is 9. The van der Waals surface area contributed by atoms with Gasteiger partial charge in [-0.1, -0.05) is 29.8 Å². The number of methoxy groups -OCH3 is 1. The van der Waals surface area contributed by atoms with Crippen LogP contribution in [0.3, 0.4) is 0 Å². The number of halogens is 1. The van der Waals surface area contributed by atoms with E-state index in [1.165, 1.54) is 25.4 Å². The number of ether oxygens (including phenoxy) is 2. The lowest BCUT2D eigenvalue weighted by Gasteiger charge is -2.13. The summed E-state index contributed by atoms with van der Waals surface area (Å²) in [5.41, 5.74) is 1.93. The van der Waals surface area contributed by atoms with Crippen LogP contribution in [0.25, 0.3) is 27.8 Å². The molecule has 5 rings (SSSR count). The van der Waals surface area contributed by atoms with Gasteiger partial charge in [-0.2, -0.15) is 8.42 Å². The van der Waals surface area contributed by atoms with E-state index in [2.05, 4.69) is 15.3 Å². The predicted molar refractivity (Wildman–Crippen MR) is 147 cm³/mol. The molecule has 0 atom stereocenters. The van der Waals surface area contributed by atoms with Gasteiger partial charge >= 0.3 is 16.1 Å². The summed E-state index contributed by atoms with van der Waals surface area (Å²) in [5.74, 6) is 0.207. The Morgan fingerprint density at radius 3 is 2.69 bits per heavy atom. The smallest absolute Gasteiger partial charge is 0.341 e. The lowest BCUT2D eigenvalue weighted by molar-refractivity contribution is -0.140. The van der Waals surface area contributed by atoms with Crippen LogP contribution in [0.4, 0.5) is 5.82 Å². The first kappa shape index (κ1) is 26.3. The third kappa shape index (κ3) is 5.31. The summed E-state index contributed by atoms with van der Waals surface area (Å²) in [5, 5.41) is 4.21. The number of aromatic nitrogens is 3. The highest BCUT2D eigenvalue weighted by molar-refractivity contribution is 7.87. The number of fused-ring (bicyclic) bond motifs is 2. The second-order valence-electron chi connectivity index (χ2n) is 8.28. The van der Waals surface area contributed by atoms with Crippen LogP contribution in [0.5, 0.6) is 11.5 Å². The quantitative estimate of drug-likeness (QED) is 0.195. The van der Waals surface area contributed by atoms with Crippen molar-refractivity contribution in [3.8, 4) is 22.8 Å². The van der Waals surface area contributed by atoms with Crippen molar-refractivity contribution in [3.63, 3.8) is 0 Å². The number of esters is 1. The van der Waals surface area contributed by atoms with Gasteiger partial charge in [0.25, 0.3) is 0 Å². The zero-order valence-corrected chi connectivity index (χ0v) is 22.5. The maximum Gasteiger partial charge on any atom is 0.341 e. The predicted octanol–water partition coefficient (Wildman–Crippen LogP) is 4.95. The first-order valence-corrected chi connectivity index (χ1v) is 13.6. The number of para-hydroxylation sites is 1. The van der Waals surface area contributed by atoms with Crippen molar-refractivity contribution in [2.75, 3.05) is 25.6 Å². The van der Waals surface area contributed by atoms with Crippen LogP contribution in [0.2, 0.25) is 5.02 Å². The second-order valence-corrected chi connectivity index (χ2v) is 10.2. The van der Waals surface area contributed by atoms with Crippen molar-refractivity contribution in [3.05, 3.63) is 78.1 Å². The summed E-state index contributed by atoms with van der Waals surface area (Å²) < 4.78 is 44.2. The highest BCUT2D eigenvalue weighted by atomic mass is 35.5. The zero-order valence-electron chi connectivity index (χ0n) is 20.9. The average molecular weight is 567 g/mol. The molecule has 3 aromatic heterocycles. The molecule has 5 aromatic rings. The van der Waals surface area contributed by atoms with Gasteiger partial charge in [0.05, 0.1) is 24.3 Å². The monoisotopic (exact) mass is 566 g/mol. The van der Waals surface area contributed by atoms with E-state index in [1.807, 2.05) is 0 Å². The molecule has 0 saturated carbocycles. The van der Waals surface area contributed by atoms with Crippen molar-refractivity contribution in [1.82, 2.24) is 14.4 Å². The van der Waals surface area contributed by atoms with Crippen LogP contribution in [0.15, 0.2) is 78.0 Å². The van der Waals surface area contributed by atoms with E-state index in [1.54, 1.807) is 66.1 Å². The third-order valence-electron chi connectivity index (χ3n) is 5.79. The molecule has 0 aliphatic carbocycles. The molecule has 2 aromatic carbocycles. The molecule has 0 spiro atoms. The van der Waals surface area contributed by atoms with Gasteiger partial charge in [-0.05, 0) is 49.4 Å². The summed E-state index contributed by atoms with van der Waals surface area (Å²) in [6.07, 6.45) is 3.19. The zero-order chi connectivity index (χ0) is 27.6. The molecular weight excluding hydrogens is 544 g/mol. The van der Waals surface area contributed by atoms with E-state index in [0.29, 0.717) is 38.6 Å². The number of nitrogens with zero attached hydrogens (tertiary/aromatic N) is 3. The summed E-state index contributed by atoms with van der Waals surface area (Å²) in [4.78, 5) is 20.9. The molecule has 0 aliphatic heterocycles. The normalized spacial score (nSPS) is 11.5. The number of pyridine rings is 2. The lowest BCUT2D eigenvalue weighted by Crippen LogP contribution is -2.17. The van der Waals surface area contributed by atoms with E-state index >= 15 is 0 Å². The molecule has 0 radical (unpaired) electrons. The summed E-state index contributed by atoms with van der Waals surface area (Å²) >= 11 is 6.21. The molecule has 39 heavy (non-hydrogen) atoms. The third-order valence-corrected chi connectivity index (χ3v) is 7.28. The molecule has 200 valence electrons.